The van der Waals surface area contributed by atoms with Gasteiger partial charge in [-0.2, -0.15) is 50.5 Å². The van der Waals surface area contributed by atoms with Gasteiger partial charge in [-0.05, 0) is 94.2 Å². The largest absolute Gasteiger partial charge is 0.489 e. The quantitative estimate of drug-likeness (QED) is 0.0190. The van der Waals surface area contributed by atoms with Crippen molar-refractivity contribution in [2.75, 3.05) is 93.8 Å². The molecule has 2 aromatic heterocycles. The number of hydrogen-bond donors (Lipinski definition) is 12. The predicted molar refractivity (Wildman–Crippen MR) is 366 cm³/mol. The molecule has 6 rings (SSSR count). The van der Waals surface area contributed by atoms with Gasteiger partial charge in [-0.3, -0.25) is 56.5 Å². The maximum absolute atomic E-state index is 13.7. The number of carbonyl (C=O) groups excluding carboxylic acids is 3. The van der Waals surface area contributed by atoms with Crippen LogP contribution in [-0.2, 0) is 87.0 Å². The number of nitrogens with zero attached hydrogens (tertiary/aromatic N) is 6. The molecular weight excluding hydrogens is 1530 g/mol. The fourth-order valence-corrected chi connectivity index (χ4v) is 11.9. The monoisotopic (exact) mass is 1610 g/mol. The molecule has 105 heavy (non-hydrogen) atoms. The predicted octanol–water partition coefficient (Wildman–Crippen LogP) is 0.928. The summed E-state index contributed by atoms with van der Waals surface area (Å²) in [6, 6.07) is 7.73. The van der Waals surface area contributed by atoms with Crippen molar-refractivity contribution in [1.82, 2.24) is 62.3 Å². The zero-order valence-electron chi connectivity index (χ0n) is 56.3. The van der Waals surface area contributed by atoms with Crippen LogP contribution in [0.15, 0.2) is 60.9 Å². The highest BCUT2D eigenvalue weighted by atomic mass is 32.2. The lowest BCUT2D eigenvalue weighted by atomic mass is 10.1. The SMILES string of the molecule is CCCCNC(=O)c1cc(OCc2cn(CCCNC(=O)c3cc(OCCCS(=O)(=O)O)c(OCCCS(=O)(=O)O)c(OCCCS(=O)(=O)O)c3)nn2)c(OCc2cn(CCCNC(=O)c3cc(OCCCS(=O)(=O)O)c(OCCCS(=O)(=O)O)c(OCCCS(=O)(=O)O)c3)nn2)c(OC2=CNNN2)c1. The van der Waals surface area contributed by atoms with Gasteiger partial charge in [0.1, 0.15) is 24.6 Å². The van der Waals surface area contributed by atoms with E-state index in [1.807, 2.05) is 6.92 Å². The van der Waals surface area contributed by atoms with E-state index in [1.54, 1.807) is 12.4 Å². The summed E-state index contributed by atoms with van der Waals surface area (Å²) in [5, 5.41) is 25.1. The number of aromatic nitrogens is 6. The Bertz CT molecular complexity index is 4360. The van der Waals surface area contributed by atoms with Gasteiger partial charge in [-0.25, -0.2) is 0 Å². The van der Waals surface area contributed by atoms with Gasteiger partial charge in [-0.15, -0.1) is 15.7 Å². The van der Waals surface area contributed by atoms with Crippen molar-refractivity contribution >= 4 is 78.4 Å². The lowest BCUT2D eigenvalue weighted by molar-refractivity contribution is 0.0943. The minimum absolute atomic E-state index is 0.00493. The van der Waals surface area contributed by atoms with Crippen molar-refractivity contribution in [1.29, 1.82) is 0 Å². The van der Waals surface area contributed by atoms with E-state index in [0.29, 0.717) is 24.4 Å². The Balaban J connectivity index is 1.14. The minimum atomic E-state index is -4.40. The number of aryl methyl sites for hydroxylation is 2. The first-order valence-corrected chi connectivity index (χ1v) is 41.7. The van der Waals surface area contributed by atoms with Gasteiger partial charge >= 0.3 is 0 Å². The van der Waals surface area contributed by atoms with E-state index in [2.05, 4.69) is 53.0 Å². The van der Waals surface area contributed by atoms with Crippen LogP contribution in [0, 0.1) is 0 Å². The standard InChI is InChI=1S/C57H82N12O30S6/c1-2-3-12-58-57(72)42-33-49(97-38-43-36-68(66-62-43)15-4-13-59-55(70)40-29-45(91-17-6-23-100(73,74)75)52(95-21-10-27-104(85,86)87)46(30-40)92-18-7-24-101(76,77)78)54(50(34-42)99-51-35-61-65-64-51)98-39-44-37-69(67-63-44)16-5-14-60-56(71)41-31-47(93-19-8-25-102(79,80)81)53(96-22-11-28-105(88,89)90)48(32-41)94-20-9-26-103(82,83)84/h29-37,61,64-65H,2-28,38-39H2,1H3,(H,58,72)(H,59,70)(H,60,71)(H,73,74,75)(H,76,77,78)(H,79,80,81)(H,82,83,84)(H,85,86,87)(H,88,89,90). The average Bonchev–Trinajstić information content (AvgIpc) is 1.79. The Labute approximate surface area is 604 Å². The molecule has 0 atom stereocenters. The zero-order valence-corrected chi connectivity index (χ0v) is 61.2. The first kappa shape index (κ1) is 85.2. The van der Waals surface area contributed by atoms with Crippen LogP contribution < -0.4 is 75.0 Å². The summed E-state index contributed by atoms with van der Waals surface area (Å²) in [7, 11) is -26.4. The van der Waals surface area contributed by atoms with Crippen LogP contribution in [-0.4, -0.2) is 219 Å². The van der Waals surface area contributed by atoms with Gasteiger partial charge in [0.25, 0.3) is 78.4 Å². The van der Waals surface area contributed by atoms with Crippen LogP contribution in [0.2, 0.25) is 0 Å². The second-order valence-corrected chi connectivity index (χ2v) is 32.1. The molecule has 0 aliphatic carbocycles. The van der Waals surface area contributed by atoms with Crippen molar-refractivity contribution in [3.8, 4) is 51.7 Å². The van der Waals surface area contributed by atoms with Gasteiger partial charge in [0.2, 0.25) is 23.1 Å². The molecule has 0 radical (unpaired) electrons. The third kappa shape index (κ3) is 33.5. The molecule has 3 amide bonds. The van der Waals surface area contributed by atoms with E-state index in [0.717, 1.165) is 6.42 Å². The minimum Gasteiger partial charge on any atom is -0.489 e. The zero-order chi connectivity index (χ0) is 76.9. The topological polar surface area (TPSA) is 594 Å². The lowest BCUT2D eigenvalue weighted by Crippen LogP contribution is -2.32. The van der Waals surface area contributed by atoms with Gasteiger partial charge < -0.3 is 64.0 Å². The summed E-state index contributed by atoms with van der Waals surface area (Å²) >= 11 is 0. The summed E-state index contributed by atoms with van der Waals surface area (Å²) in [4.78, 5) is 41.0. The van der Waals surface area contributed by atoms with E-state index in [-0.39, 0.29) is 205 Å². The van der Waals surface area contributed by atoms with Gasteiger partial charge in [0.05, 0.1) is 92.8 Å². The summed E-state index contributed by atoms with van der Waals surface area (Å²) in [5.74, 6) is -7.11. The van der Waals surface area contributed by atoms with Crippen LogP contribution in [0.25, 0.3) is 0 Å². The van der Waals surface area contributed by atoms with Crippen LogP contribution in [0.1, 0.15) is 114 Å². The van der Waals surface area contributed by atoms with Crippen molar-refractivity contribution in [2.24, 2.45) is 0 Å². The number of rotatable bonds is 52. The Hall–Kier alpha value is -8.69. The third-order valence-electron chi connectivity index (χ3n) is 13.8. The van der Waals surface area contributed by atoms with Crippen LogP contribution in [0.5, 0.6) is 51.7 Å². The van der Waals surface area contributed by atoms with Crippen LogP contribution in [0.3, 0.4) is 0 Å². The number of benzene rings is 3. The van der Waals surface area contributed by atoms with Crippen LogP contribution >= 0.6 is 0 Å². The van der Waals surface area contributed by atoms with Gasteiger partial charge in [-0.1, -0.05) is 23.8 Å². The molecule has 3 aromatic carbocycles. The number of nitrogens with one attached hydrogen (secondary N) is 6. The third-order valence-corrected chi connectivity index (χ3v) is 18.6. The second kappa shape index (κ2) is 40.7. The summed E-state index contributed by atoms with van der Waals surface area (Å²) < 4.78 is 248. The Kier molecular flexibility index (Phi) is 33.0. The van der Waals surface area contributed by atoms with E-state index in [9.17, 15) is 92.2 Å². The molecule has 48 heteroatoms. The molecule has 5 aromatic rings. The van der Waals surface area contributed by atoms with E-state index >= 15 is 0 Å². The maximum Gasteiger partial charge on any atom is 0.264 e. The van der Waals surface area contributed by atoms with E-state index in [1.165, 1.54) is 52.0 Å². The highest BCUT2D eigenvalue weighted by molar-refractivity contribution is 7.86. The smallest absolute Gasteiger partial charge is 0.264 e. The molecule has 0 saturated heterocycles. The molecule has 3 heterocycles. The van der Waals surface area contributed by atoms with E-state index < -0.39 is 113 Å². The summed E-state index contributed by atoms with van der Waals surface area (Å²) in [6.07, 6.45) is 5.12. The Morgan fingerprint density at radius 1 is 0.410 bits per heavy atom. The molecule has 42 nitrogen and oxygen atoms in total. The van der Waals surface area contributed by atoms with Crippen molar-refractivity contribution in [3.63, 3.8) is 0 Å². The fourth-order valence-electron chi connectivity index (χ4n) is 8.99. The van der Waals surface area contributed by atoms with Crippen molar-refractivity contribution in [3.05, 3.63) is 89.0 Å². The molecule has 1 aliphatic heterocycles. The maximum atomic E-state index is 13.7. The first-order valence-electron chi connectivity index (χ1n) is 32.0. The lowest BCUT2D eigenvalue weighted by Gasteiger charge is -2.19. The van der Waals surface area contributed by atoms with Crippen molar-refractivity contribution in [2.45, 2.75) is 97.4 Å². The van der Waals surface area contributed by atoms with Crippen molar-refractivity contribution < 1.29 is 135 Å². The number of unbranched alkanes of at least 4 members (excludes halogenated alkanes) is 1. The molecule has 0 saturated carbocycles. The summed E-state index contributed by atoms with van der Waals surface area (Å²) in [5.41, 5.74) is 8.64. The fraction of sp³-hybridized carbons (Fsp3) is 0.526. The first-order chi connectivity index (χ1) is 49.5. The number of hydrogen-bond acceptors (Lipinski definition) is 31. The molecule has 586 valence electrons. The second-order valence-electron chi connectivity index (χ2n) is 22.7. The van der Waals surface area contributed by atoms with Gasteiger partial charge in [0, 0.05) is 49.4 Å². The number of ether oxygens (including phenoxy) is 9. The molecule has 0 bridgehead atoms. The Morgan fingerprint density at radius 2 is 0.714 bits per heavy atom. The molecule has 0 spiro atoms. The van der Waals surface area contributed by atoms with Crippen LogP contribution in [0.4, 0.5) is 0 Å². The number of amides is 3. The molecule has 12 N–H and O–H groups in total. The highest BCUT2D eigenvalue weighted by Crippen LogP contribution is 2.43. The number of hydrazine groups is 2. The Morgan fingerprint density at radius 3 is 1.04 bits per heavy atom. The molecule has 0 fully saturated rings. The van der Waals surface area contributed by atoms with Gasteiger partial charge in [0.15, 0.2) is 34.5 Å². The molecule has 1 aliphatic rings. The highest BCUT2D eigenvalue weighted by Gasteiger charge is 2.26. The number of carbonyl (C=O) groups is 3. The van der Waals surface area contributed by atoms with E-state index in [4.69, 9.17) is 42.6 Å². The molecular formula is C57H82N12O30S6. The average molecular weight is 1610 g/mol. The molecule has 0 unspecified atom stereocenters. The normalized spacial score (nSPS) is 12.7. The summed E-state index contributed by atoms with van der Waals surface area (Å²) in [6.45, 7) is 0.0889.